The topological polar surface area (TPSA) is 53.3 Å². The third-order valence-corrected chi connectivity index (χ3v) is 5.19. The van der Waals surface area contributed by atoms with E-state index in [2.05, 4.69) is 6.07 Å². The van der Waals surface area contributed by atoms with Gasteiger partial charge in [0.2, 0.25) is 0 Å². The molecule has 0 amide bonds. The van der Waals surface area contributed by atoms with Crippen LogP contribution >= 0.6 is 11.6 Å². The van der Waals surface area contributed by atoms with Gasteiger partial charge in [0.1, 0.15) is 5.78 Å². The van der Waals surface area contributed by atoms with Crippen LogP contribution in [-0.4, -0.2) is 31.0 Å². The van der Waals surface area contributed by atoms with Crippen molar-refractivity contribution < 1.29 is 9.63 Å². The largest absolute Gasteiger partial charge is 0.302 e. The maximum absolute atomic E-state index is 12.5. The lowest BCUT2D eigenvalue weighted by atomic mass is 9.81. The molecule has 1 unspecified atom stereocenters. The van der Waals surface area contributed by atoms with Gasteiger partial charge in [-0.3, -0.25) is 4.79 Å². The minimum Gasteiger partial charge on any atom is -0.302 e. The van der Waals surface area contributed by atoms with E-state index in [4.69, 9.17) is 16.4 Å². The number of halogens is 1. The first-order valence-electron chi connectivity index (χ1n) is 8.40. The molecule has 0 N–H and O–H groups in total. The number of ketones is 1. The molecule has 4 nitrogen and oxygen atoms in total. The smallest absolute Gasteiger partial charge is 0.138 e. The van der Waals surface area contributed by atoms with Crippen LogP contribution in [0.15, 0.2) is 12.1 Å². The molecule has 1 aromatic rings. The first kappa shape index (κ1) is 18.9. The molecule has 1 aliphatic heterocycles. The summed E-state index contributed by atoms with van der Waals surface area (Å²) < 4.78 is 0. The van der Waals surface area contributed by atoms with Crippen molar-refractivity contribution in [3.63, 3.8) is 0 Å². The number of rotatable bonds is 6. The van der Waals surface area contributed by atoms with Gasteiger partial charge >= 0.3 is 0 Å². The highest BCUT2D eigenvalue weighted by Gasteiger charge is 2.28. The minimum atomic E-state index is -0.204. The number of hydroxylamine groups is 2. The Labute approximate surface area is 149 Å². The van der Waals surface area contributed by atoms with Crippen LogP contribution < -0.4 is 0 Å². The highest BCUT2D eigenvalue weighted by Crippen LogP contribution is 2.28. The Morgan fingerprint density at radius 3 is 2.46 bits per heavy atom. The molecular formula is C19H25ClN2O2. The summed E-state index contributed by atoms with van der Waals surface area (Å²) in [6.07, 6.45) is 2.51. The average molecular weight is 349 g/mol. The average Bonchev–Trinajstić information content (AvgIpc) is 2.56. The highest BCUT2D eigenvalue weighted by molar-refractivity contribution is 6.30. The quantitative estimate of drug-likeness (QED) is 0.783. The van der Waals surface area contributed by atoms with E-state index in [-0.39, 0.29) is 17.6 Å². The molecule has 1 fully saturated rings. The number of nitriles is 1. The standard InChI is InChI=1S/C19H25ClN2O2/c1-13-8-17(20)9-14(2)19(13)11-18(23)10-16(12-21)15-4-6-22(24-3)7-5-15/h8-9,15-16H,4-7,10-11H2,1-3H3. The van der Waals surface area contributed by atoms with Crippen LogP contribution in [0.25, 0.3) is 0 Å². The van der Waals surface area contributed by atoms with E-state index >= 15 is 0 Å². The molecule has 0 aromatic heterocycles. The van der Waals surface area contributed by atoms with E-state index in [0.29, 0.717) is 17.9 Å². The molecule has 1 saturated heterocycles. The Morgan fingerprint density at radius 1 is 1.38 bits per heavy atom. The summed E-state index contributed by atoms with van der Waals surface area (Å²) in [5.74, 6) is 0.200. The lowest BCUT2D eigenvalue weighted by molar-refractivity contribution is -0.150. The zero-order valence-corrected chi connectivity index (χ0v) is 15.4. The van der Waals surface area contributed by atoms with E-state index in [0.717, 1.165) is 42.6 Å². The van der Waals surface area contributed by atoms with Crippen molar-refractivity contribution in [2.75, 3.05) is 20.2 Å². The molecule has 1 aromatic carbocycles. The van der Waals surface area contributed by atoms with Crippen LogP contribution in [0.4, 0.5) is 0 Å². The molecule has 0 spiro atoms. The van der Waals surface area contributed by atoms with E-state index < -0.39 is 0 Å². The fourth-order valence-corrected chi connectivity index (χ4v) is 3.84. The van der Waals surface area contributed by atoms with Gasteiger partial charge in [0.25, 0.3) is 0 Å². The number of hydrogen-bond acceptors (Lipinski definition) is 4. The third kappa shape index (κ3) is 4.80. The summed E-state index contributed by atoms with van der Waals surface area (Å²) in [4.78, 5) is 17.7. The molecular weight excluding hydrogens is 324 g/mol. The minimum absolute atomic E-state index is 0.129. The molecule has 24 heavy (non-hydrogen) atoms. The zero-order valence-electron chi connectivity index (χ0n) is 14.6. The van der Waals surface area contributed by atoms with Crippen molar-refractivity contribution in [3.8, 4) is 6.07 Å². The molecule has 2 rings (SSSR count). The molecule has 0 saturated carbocycles. The summed E-state index contributed by atoms with van der Waals surface area (Å²) in [7, 11) is 1.67. The molecule has 0 radical (unpaired) electrons. The lowest BCUT2D eigenvalue weighted by Crippen LogP contribution is -2.35. The van der Waals surface area contributed by atoms with Crippen molar-refractivity contribution in [1.29, 1.82) is 5.26 Å². The summed E-state index contributed by atoms with van der Waals surface area (Å²) in [6.45, 7) is 5.60. The van der Waals surface area contributed by atoms with Crippen LogP contribution in [0.5, 0.6) is 0 Å². The van der Waals surface area contributed by atoms with Crippen LogP contribution in [0.1, 0.15) is 36.0 Å². The summed E-state index contributed by atoms with van der Waals surface area (Å²) >= 11 is 6.05. The SMILES string of the molecule is CON1CCC(C(C#N)CC(=O)Cc2c(C)cc(Cl)cc2C)CC1. The van der Waals surface area contributed by atoms with Crippen LogP contribution in [-0.2, 0) is 16.1 Å². The molecule has 0 aliphatic carbocycles. The second-order valence-electron chi connectivity index (χ2n) is 6.62. The second kappa shape index (κ2) is 8.62. The summed E-state index contributed by atoms with van der Waals surface area (Å²) in [5.41, 5.74) is 3.11. The zero-order chi connectivity index (χ0) is 17.7. The fraction of sp³-hybridized carbons (Fsp3) is 0.579. The molecule has 5 heteroatoms. The van der Waals surface area contributed by atoms with Crippen LogP contribution in [0.3, 0.4) is 0 Å². The number of hydrogen-bond donors (Lipinski definition) is 0. The van der Waals surface area contributed by atoms with Gasteiger partial charge in [-0.15, -0.1) is 0 Å². The normalized spacial score (nSPS) is 17.5. The number of piperidine rings is 1. The predicted octanol–water partition coefficient (Wildman–Crippen LogP) is 3.87. The van der Waals surface area contributed by atoms with Crippen molar-refractivity contribution in [3.05, 3.63) is 33.8 Å². The van der Waals surface area contributed by atoms with E-state index in [1.54, 1.807) is 7.11 Å². The second-order valence-corrected chi connectivity index (χ2v) is 7.06. The lowest BCUT2D eigenvalue weighted by Gasteiger charge is -2.32. The first-order chi connectivity index (χ1) is 11.4. The Kier molecular flexibility index (Phi) is 6.79. The number of carbonyl (C=O) groups is 1. The van der Waals surface area contributed by atoms with Crippen molar-refractivity contribution in [2.45, 2.75) is 39.5 Å². The number of Topliss-reactive ketones (excluding diaryl/α,β-unsaturated/α-hetero) is 1. The summed E-state index contributed by atoms with van der Waals surface area (Å²) in [5, 5.41) is 12.1. The highest BCUT2D eigenvalue weighted by atomic mass is 35.5. The molecule has 1 atom stereocenters. The molecule has 0 bridgehead atoms. The van der Waals surface area contributed by atoms with E-state index in [1.807, 2.05) is 31.0 Å². The Morgan fingerprint density at radius 2 is 1.96 bits per heavy atom. The summed E-state index contributed by atoms with van der Waals surface area (Å²) in [6, 6.07) is 6.13. The van der Waals surface area contributed by atoms with E-state index in [9.17, 15) is 10.1 Å². The van der Waals surface area contributed by atoms with Crippen molar-refractivity contribution in [2.24, 2.45) is 11.8 Å². The maximum atomic E-state index is 12.5. The van der Waals surface area contributed by atoms with Gasteiger partial charge in [-0.05, 0) is 61.4 Å². The Balaban J connectivity index is 1.97. The van der Waals surface area contributed by atoms with Gasteiger partial charge in [-0.25, -0.2) is 0 Å². The number of aryl methyl sites for hydroxylation is 2. The third-order valence-electron chi connectivity index (χ3n) is 4.97. The van der Waals surface area contributed by atoms with Gasteiger partial charge in [-0.1, -0.05) is 11.6 Å². The van der Waals surface area contributed by atoms with Crippen LogP contribution in [0, 0.1) is 37.0 Å². The van der Waals surface area contributed by atoms with E-state index in [1.165, 1.54) is 0 Å². The van der Waals surface area contributed by atoms with Crippen molar-refractivity contribution >= 4 is 17.4 Å². The molecule has 1 aliphatic rings. The van der Waals surface area contributed by atoms with Gasteiger partial charge in [0.05, 0.1) is 19.1 Å². The fourth-order valence-electron chi connectivity index (χ4n) is 3.51. The number of nitrogens with zero attached hydrogens (tertiary/aromatic N) is 2. The number of benzene rings is 1. The number of carbonyl (C=O) groups excluding carboxylic acids is 1. The first-order valence-corrected chi connectivity index (χ1v) is 8.78. The molecule has 1 heterocycles. The predicted molar refractivity (Wildman–Crippen MR) is 94.7 cm³/mol. The van der Waals surface area contributed by atoms with Crippen molar-refractivity contribution in [1.82, 2.24) is 5.06 Å². The Hall–Kier alpha value is -1.41. The van der Waals surface area contributed by atoms with Gasteiger partial charge in [0.15, 0.2) is 0 Å². The van der Waals surface area contributed by atoms with Gasteiger partial charge in [0, 0.05) is 31.0 Å². The monoisotopic (exact) mass is 348 g/mol. The maximum Gasteiger partial charge on any atom is 0.138 e. The molecule has 130 valence electrons. The van der Waals surface area contributed by atoms with Gasteiger partial charge < -0.3 is 4.84 Å². The van der Waals surface area contributed by atoms with Crippen LogP contribution in [0.2, 0.25) is 5.02 Å². The Bertz CT molecular complexity index is 608. The van der Waals surface area contributed by atoms with Gasteiger partial charge in [-0.2, -0.15) is 10.3 Å².